The summed E-state index contributed by atoms with van der Waals surface area (Å²) in [4.78, 5) is 19.9. The summed E-state index contributed by atoms with van der Waals surface area (Å²) in [5, 5.41) is 8.87. The van der Waals surface area contributed by atoms with E-state index in [0.717, 1.165) is 121 Å². The molecular weight excluding hydrogens is 921 g/mol. The van der Waals surface area contributed by atoms with Crippen LogP contribution in [0.15, 0.2) is 204 Å². The van der Waals surface area contributed by atoms with Gasteiger partial charge in [0.25, 0.3) is 0 Å². The van der Waals surface area contributed by atoms with Crippen LogP contribution in [0.5, 0.6) is 0 Å². The van der Waals surface area contributed by atoms with Gasteiger partial charge in [0.05, 0.1) is 33.1 Å². The zero-order valence-electron chi connectivity index (χ0n) is 43.4. The number of nitrogens with one attached hydrogen (secondary N) is 2. The fraction of sp³-hybridized carbons (Fsp3) is 0.0833. The third-order valence-electron chi connectivity index (χ3n) is 17.2. The average Bonchev–Trinajstić information content (AvgIpc) is 4.31. The minimum Gasteiger partial charge on any atom is -0.354 e. The summed E-state index contributed by atoms with van der Waals surface area (Å²) < 4.78 is 0. The summed E-state index contributed by atoms with van der Waals surface area (Å²) >= 11 is 0. The Morgan fingerprint density at radius 2 is 0.750 bits per heavy atom. The summed E-state index contributed by atoms with van der Waals surface area (Å²) in [5.74, 6) is 0. The van der Waals surface area contributed by atoms with E-state index in [9.17, 15) is 0 Å². The Balaban J connectivity index is 1.30. The van der Waals surface area contributed by atoms with Crippen LogP contribution in [0, 0.1) is 52.0 Å². The second-order valence-corrected chi connectivity index (χ2v) is 21.1. The predicted octanol–water partition coefficient (Wildman–Crippen LogP) is 18.3. The number of aromatic amines is 2. The van der Waals surface area contributed by atoms with Gasteiger partial charge in [0.1, 0.15) is 0 Å². The molecule has 0 saturated heterocycles. The molecule has 0 saturated carbocycles. The number of aromatic nitrogens is 2. The van der Waals surface area contributed by atoms with E-state index in [1.54, 1.807) is 0 Å². The lowest BCUT2D eigenvalue weighted by Crippen LogP contribution is -2.05. The molecule has 0 amide bonds. The Kier molecular flexibility index (Phi) is 9.62. The first-order valence-corrected chi connectivity index (χ1v) is 26.5. The van der Waals surface area contributed by atoms with Gasteiger partial charge in [-0.15, -0.1) is 0 Å². The lowest BCUT2D eigenvalue weighted by atomic mass is 9.73. The van der Waals surface area contributed by atoms with Gasteiger partial charge in [0.2, 0.25) is 0 Å². The smallest absolute Gasteiger partial charge is 0.0817 e. The van der Waals surface area contributed by atoms with Crippen molar-refractivity contribution in [3.8, 4) is 77.9 Å². The monoisotopic (exact) mass is 972 g/mol. The Morgan fingerprint density at radius 1 is 0.276 bits per heavy atom. The third kappa shape index (κ3) is 6.25. The summed E-state index contributed by atoms with van der Waals surface area (Å²) in [6, 6.07) is 71.5. The number of fused-ring (bicyclic) bond motifs is 12. The van der Waals surface area contributed by atoms with Crippen molar-refractivity contribution in [3.63, 3.8) is 0 Å². The maximum atomic E-state index is 6.03. The van der Waals surface area contributed by atoms with Gasteiger partial charge in [-0.2, -0.15) is 0 Å². The van der Waals surface area contributed by atoms with Crippen molar-refractivity contribution in [2.24, 2.45) is 9.98 Å². The van der Waals surface area contributed by atoms with Crippen LogP contribution >= 0.6 is 0 Å². The van der Waals surface area contributed by atoms with Crippen molar-refractivity contribution in [3.05, 3.63) is 249 Å². The zero-order chi connectivity index (χ0) is 51.1. The van der Waals surface area contributed by atoms with Gasteiger partial charge in [0.15, 0.2) is 0 Å². The number of hydrogen-bond donors (Lipinski definition) is 2. The fourth-order valence-corrected chi connectivity index (χ4v) is 12.9. The molecule has 0 fully saturated rings. The highest BCUT2D eigenvalue weighted by molar-refractivity contribution is 6.26. The summed E-state index contributed by atoms with van der Waals surface area (Å²) in [5.41, 5.74) is 29.7. The minimum atomic E-state index is 0.923. The van der Waals surface area contributed by atoms with Crippen LogP contribution < -0.4 is 10.7 Å². The summed E-state index contributed by atoms with van der Waals surface area (Å²) in [6.45, 7) is 13.7. The Morgan fingerprint density at radius 3 is 1.33 bits per heavy atom. The molecule has 0 radical (unpaired) electrons. The van der Waals surface area contributed by atoms with Crippen LogP contribution in [0.4, 0.5) is 11.4 Å². The molecule has 2 aromatic heterocycles. The van der Waals surface area contributed by atoms with Gasteiger partial charge < -0.3 is 9.97 Å². The molecule has 15 rings (SSSR count). The molecular formula is C72H52N4. The molecule has 360 valence electrons. The zero-order valence-corrected chi connectivity index (χ0v) is 43.4. The third-order valence-corrected chi connectivity index (χ3v) is 17.2. The molecule has 4 heterocycles. The van der Waals surface area contributed by atoms with Crippen molar-refractivity contribution in [2.75, 3.05) is 0 Å². The van der Waals surface area contributed by atoms with Gasteiger partial charge in [-0.3, -0.25) is 0 Å². The van der Waals surface area contributed by atoms with Crippen molar-refractivity contribution in [1.82, 2.24) is 9.97 Å². The number of para-hydroxylation sites is 3. The van der Waals surface area contributed by atoms with Crippen molar-refractivity contribution >= 4 is 55.0 Å². The van der Waals surface area contributed by atoms with Crippen LogP contribution in [0.2, 0.25) is 0 Å². The van der Waals surface area contributed by atoms with E-state index in [2.05, 4.69) is 246 Å². The highest BCUT2D eigenvalue weighted by atomic mass is 14.8. The maximum Gasteiger partial charge on any atom is 0.0817 e. The number of H-pyrrole nitrogens is 2. The first kappa shape index (κ1) is 44.1. The summed E-state index contributed by atoms with van der Waals surface area (Å²) in [7, 11) is 0. The van der Waals surface area contributed by atoms with Crippen LogP contribution in [-0.4, -0.2) is 9.97 Å². The Hall–Kier alpha value is -9.38. The van der Waals surface area contributed by atoms with E-state index in [0.29, 0.717) is 0 Å². The molecule has 0 bridgehead atoms. The number of nitrogens with zero attached hydrogens (tertiary/aromatic N) is 2. The molecule has 76 heavy (non-hydrogen) atoms. The number of benzene rings is 11. The molecule has 2 aliphatic rings. The van der Waals surface area contributed by atoms with Crippen LogP contribution in [0.25, 0.3) is 122 Å². The minimum absolute atomic E-state index is 0.923. The van der Waals surface area contributed by atoms with E-state index >= 15 is 0 Å². The van der Waals surface area contributed by atoms with Crippen molar-refractivity contribution in [2.45, 2.75) is 41.5 Å². The van der Waals surface area contributed by atoms with Gasteiger partial charge in [-0.25, -0.2) is 9.98 Å². The molecule has 0 aliphatic carbocycles. The molecule has 13 aromatic rings. The lowest BCUT2D eigenvalue weighted by molar-refractivity contribution is 1.26. The molecule has 2 aliphatic heterocycles. The van der Waals surface area contributed by atoms with Gasteiger partial charge in [-0.1, -0.05) is 164 Å². The van der Waals surface area contributed by atoms with E-state index < -0.39 is 0 Å². The molecule has 0 atom stereocenters. The SMILES string of the molecule is Cc1ccc(-c2c3c(c(-c4c(-c5ccccc5)ccc5c4[nH]c4ccccc45)c(-c4c(-c5ccccc5)ccc5c4[nH]c4ccccc45)c2-c2ccc(C)c(C)c2C)-c2c4c(ccc2=N3)=c2ccccc2=N4)c(C)c1C. The standard InChI is InChI=1S/C72H52N4/c1-39-29-31-47(43(5)41(39)3)61-62(48-32-30-40(2)42(4)44(48)6)72-68(65-60(76-72)38-37-56-53-25-15-18-28-59(53)75-71(56)65)67(64-50(46-21-11-8-12-22-46)34-36-55-52-24-14-17-27-58(52)74-70(55)64)66(61)63-49(45-19-9-7-10-20-45)33-35-54-51-23-13-16-26-57(51)73-69(54)63/h7-38,73-74H,1-6H3. The molecule has 4 nitrogen and oxygen atoms in total. The first-order chi connectivity index (χ1) is 37.2. The first-order valence-electron chi connectivity index (χ1n) is 26.5. The van der Waals surface area contributed by atoms with Crippen LogP contribution in [0.1, 0.15) is 33.4 Å². The van der Waals surface area contributed by atoms with Crippen LogP contribution in [0.3, 0.4) is 0 Å². The van der Waals surface area contributed by atoms with Gasteiger partial charge in [0, 0.05) is 87.5 Å². The number of aryl methyl sites for hydroxylation is 2. The van der Waals surface area contributed by atoms with Crippen molar-refractivity contribution < 1.29 is 0 Å². The highest BCUT2D eigenvalue weighted by Gasteiger charge is 2.37. The second-order valence-electron chi connectivity index (χ2n) is 21.1. The fourth-order valence-electron chi connectivity index (χ4n) is 12.9. The van der Waals surface area contributed by atoms with E-state index in [-0.39, 0.29) is 0 Å². The highest BCUT2D eigenvalue weighted by Crippen LogP contribution is 2.62. The van der Waals surface area contributed by atoms with Crippen molar-refractivity contribution in [1.29, 1.82) is 0 Å². The van der Waals surface area contributed by atoms with Gasteiger partial charge in [-0.05, 0) is 139 Å². The lowest BCUT2D eigenvalue weighted by Gasteiger charge is -2.29. The topological polar surface area (TPSA) is 56.3 Å². The normalized spacial score (nSPS) is 12.3. The van der Waals surface area contributed by atoms with Crippen LogP contribution in [-0.2, 0) is 0 Å². The molecule has 11 aromatic carbocycles. The molecule has 4 heteroatoms. The van der Waals surface area contributed by atoms with E-state index in [4.69, 9.17) is 9.98 Å². The maximum absolute atomic E-state index is 6.03. The second kappa shape index (κ2) is 16.6. The molecule has 0 spiro atoms. The number of hydrogen-bond acceptors (Lipinski definition) is 2. The Bertz CT molecular complexity index is 4920. The predicted molar refractivity (Wildman–Crippen MR) is 317 cm³/mol. The van der Waals surface area contributed by atoms with E-state index in [1.165, 1.54) is 66.1 Å². The molecule has 0 unspecified atom stereocenters. The number of rotatable bonds is 6. The van der Waals surface area contributed by atoms with Gasteiger partial charge >= 0.3 is 0 Å². The Labute approximate surface area is 440 Å². The average molecular weight is 973 g/mol. The summed E-state index contributed by atoms with van der Waals surface area (Å²) in [6.07, 6.45) is 0. The van der Waals surface area contributed by atoms with E-state index in [1.807, 2.05) is 0 Å². The largest absolute Gasteiger partial charge is 0.354 e. The quantitative estimate of drug-likeness (QED) is 0.167. The molecule has 2 N–H and O–H groups in total.